The minimum Gasteiger partial charge on any atom is -0.319 e. The van der Waals surface area contributed by atoms with Gasteiger partial charge in [-0.15, -0.1) is 0 Å². The van der Waals surface area contributed by atoms with Crippen molar-refractivity contribution in [2.24, 2.45) is 5.73 Å². The molecule has 60 valence electrons. The van der Waals surface area contributed by atoms with Crippen LogP contribution in [0.15, 0.2) is 0 Å². The molecular weight excluding hydrogens is 128 g/mol. The summed E-state index contributed by atoms with van der Waals surface area (Å²) in [7, 11) is 0. The van der Waals surface area contributed by atoms with Crippen molar-refractivity contribution in [1.29, 1.82) is 0 Å². The predicted octanol–water partition coefficient (Wildman–Crippen LogP) is 0.942. The van der Waals surface area contributed by atoms with Gasteiger partial charge in [-0.25, -0.2) is 9.28 Å². The second kappa shape index (κ2) is 3.56. The number of nitrogens with two attached hydrogens (primary N) is 1. The summed E-state index contributed by atoms with van der Waals surface area (Å²) in [5, 5.41) is 0. The van der Waals surface area contributed by atoms with Gasteiger partial charge >= 0.3 is 6.03 Å². The Hall–Kier alpha value is -0.570. The first-order valence-electron chi connectivity index (χ1n) is 3.79. The Morgan fingerprint density at radius 2 is 1.50 bits per heavy atom. The van der Waals surface area contributed by atoms with Crippen molar-refractivity contribution in [2.75, 3.05) is 19.6 Å². The monoisotopic (exact) mass is 145 g/mol. The summed E-state index contributed by atoms with van der Waals surface area (Å²) >= 11 is 0. The van der Waals surface area contributed by atoms with Crippen molar-refractivity contribution in [2.45, 2.75) is 20.8 Å². The van der Waals surface area contributed by atoms with E-state index >= 15 is 0 Å². The fraction of sp³-hybridized carbons (Fsp3) is 0.857. The lowest BCUT2D eigenvalue weighted by Crippen LogP contribution is -2.55. The van der Waals surface area contributed by atoms with Crippen LogP contribution in [0.25, 0.3) is 0 Å². The summed E-state index contributed by atoms with van der Waals surface area (Å²) in [5.74, 6) is 0. The van der Waals surface area contributed by atoms with Crippen LogP contribution in [-0.2, 0) is 0 Å². The van der Waals surface area contributed by atoms with E-state index in [9.17, 15) is 4.79 Å². The molecule has 0 spiro atoms. The fourth-order valence-electron chi connectivity index (χ4n) is 1.14. The van der Waals surface area contributed by atoms with Crippen LogP contribution in [0.5, 0.6) is 0 Å². The lowest BCUT2D eigenvalue weighted by molar-refractivity contribution is -0.843. The molecule has 0 aromatic rings. The summed E-state index contributed by atoms with van der Waals surface area (Å²) in [6, 6.07) is -0.215. The van der Waals surface area contributed by atoms with Crippen LogP contribution in [0.1, 0.15) is 20.8 Å². The Labute approximate surface area is 62.4 Å². The van der Waals surface area contributed by atoms with Gasteiger partial charge in [-0.3, -0.25) is 0 Å². The smallest absolute Gasteiger partial charge is 0.319 e. The number of hydrogen-bond acceptors (Lipinski definition) is 1. The van der Waals surface area contributed by atoms with E-state index in [-0.39, 0.29) is 6.03 Å². The molecule has 0 aromatic carbocycles. The summed E-state index contributed by atoms with van der Waals surface area (Å²) in [5.41, 5.74) is 5.24. The zero-order valence-corrected chi connectivity index (χ0v) is 7.05. The fourth-order valence-corrected chi connectivity index (χ4v) is 1.14. The molecule has 0 saturated carbocycles. The van der Waals surface area contributed by atoms with E-state index in [2.05, 4.69) is 0 Å². The Morgan fingerprint density at radius 1 is 1.20 bits per heavy atom. The van der Waals surface area contributed by atoms with Crippen molar-refractivity contribution in [3.63, 3.8) is 0 Å². The van der Waals surface area contributed by atoms with Gasteiger partial charge in [-0.05, 0) is 20.8 Å². The highest BCUT2D eigenvalue weighted by atomic mass is 16.2. The molecule has 0 radical (unpaired) electrons. The molecule has 2 amide bonds. The van der Waals surface area contributed by atoms with E-state index in [4.69, 9.17) is 5.73 Å². The molecule has 0 bridgehead atoms. The Balaban J connectivity index is 4.31. The third-order valence-corrected chi connectivity index (χ3v) is 2.28. The maximum Gasteiger partial charge on any atom is 0.413 e. The number of hydrogen-bond donors (Lipinski definition) is 1. The van der Waals surface area contributed by atoms with Crippen molar-refractivity contribution in [3.05, 3.63) is 0 Å². The first kappa shape index (κ1) is 9.43. The Bertz CT molecular complexity index is 111. The number of carbonyl (C=O) groups excluding carboxylic acids is 1. The zero-order chi connectivity index (χ0) is 8.20. The van der Waals surface area contributed by atoms with Gasteiger partial charge in [0.15, 0.2) is 0 Å². The van der Waals surface area contributed by atoms with Crippen molar-refractivity contribution in [1.82, 2.24) is 0 Å². The summed E-state index contributed by atoms with van der Waals surface area (Å²) in [4.78, 5) is 10.9. The van der Waals surface area contributed by atoms with Crippen LogP contribution < -0.4 is 5.73 Å². The molecule has 0 aromatic heterocycles. The number of rotatable bonds is 3. The van der Waals surface area contributed by atoms with Gasteiger partial charge < -0.3 is 5.73 Å². The molecule has 0 atom stereocenters. The maximum absolute atomic E-state index is 10.9. The highest BCUT2D eigenvalue weighted by Crippen LogP contribution is 2.03. The average Bonchev–Trinajstić information content (AvgIpc) is 1.92. The standard InChI is InChI=1S/C7H16N2O/c1-4-9(5-2,6-3)7(8)10/h4-6H2,1-3H3,(H-,8,10)/p+1. The van der Waals surface area contributed by atoms with E-state index < -0.39 is 0 Å². The summed E-state index contributed by atoms with van der Waals surface area (Å²) in [6.45, 7) is 8.33. The van der Waals surface area contributed by atoms with Gasteiger partial charge in [0.05, 0.1) is 19.6 Å². The van der Waals surface area contributed by atoms with Gasteiger partial charge in [0, 0.05) is 0 Å². The second-order valence-electron chi connectivity index (χ2n) is 2.43. The third-order valence-electron chi connectivity index (χ3n) is 2.28. The largest absolute Gasteiger partial charge is 0.413 e. The molecule has 0 aliphatic rings. The molecule has 3 heteroatoms. The van der Waals surface area contributed by atoms with E-state index in [1.54, 1.807) is 0 Å². The SMILES string of the molecule is CC[N+](CC)(CC)C(N)=O. The molecule has 2 N–H and O–H groups in total. The number of primary amides is 1. The average molecular weight is 145 g/mol. The van der Waals surface area contributed by atoms with Gasteiger partial charge in [-0.1, -0.05) is 0 Å². The van der Waals surface area contributed by atoms with Crippen LogP contribution in [0.4, 0.5) is 4.79 Å². The molecule has 0 rings (SSSR count). The van der Waals surface area contributed by atoms with Gasteiger partial charge in [0.1, 0.15) is 0 Å². The van der Waals surface area contributed by atoms with E-state index in [1.165, 1.54) is 0 Å². The number of urea groups is 1. The third kappa shape index (κ3) is 1.48. The molecular formula is C7H17N2O+. The zero-order valence-electron chi connectivity index (χ0n) is 7.05. The molecule has 0 saturated heterocycles. The molecule has 0 aliphatic carbocycles. The topological polar surface area (TPSA) is 43.1 Å². The lowest BCUT2D eigenvalue weighted by atomic mass is 10.4. The van der Waals surface area contributed by atoms with Crippen molar-refractivity contribution in [3.8, 4) is 0 Å². The van der Waals surface area contributed by atoms with Crippen LogP contribution >= 0.6 is 0 Å². The van der Waals surface area contributed by atoms with E-state index in [0.717, 1.165) is 19.6 Å². The first-order valence-corrected chi connectivity index (χ1v) is 3.79. The molecule has 10 heavy (non-hydrogen) atoms. The molecule has 0 heterocycles. The summed E-state index contributed by atoms with van der Waals surface area (Å²) in [6.07, 6.45) is 0. The van der Waals surface area contributed by atoms with Crippen LogP contribution in [0.3, 0.4) is 0 Å². The molecule has 3 nitrogen and oxygen atoms in total. The van der Waals surface area contributed by atoms with Crippen molar-refractivity contribution >= 4 is 6.03 Å². The number of quaternary nitrogens is 1. The highest BCUT2D eigenvalue weighted by Gasteiger charge is 2.27. The highest BCUT2D eigenvalue weighted by molar-refractivity contribution is 5.64. The van der Waals surface area contributed by atoms with Gasteiger partial charge in [0.2, 0.25) is 0 Å². The van der Waals surface area contributed by atoms with Gasteiger partial charge in [-0.2, -0.15) is 0 Å². The maximum atomic E-state index is 10.9. The first-order chi connectivity index (χ1) is 4.63. The normalized spacial score (nSPS) is 11.5. The predicted molar refractivity (Wildman–Crippen MR) is 41.5 cm³/mol. The van der Waals surface area contributed by atoms with Gasteiger partial charge in [0.25, 0.3) is 0 Å². The quantitative estimate of drug-likeness (QED) is 0.590. The number of nitrogens with zero attached hydrogens (tertiary/aromatic N) is 1. The Kier molecular flexibility index (Phi) is 3.36. The van der Waals surface area contributed by atoms with Crippen molar-refractivity contribution < 1.29 is 9.28 Å². The van der Waals surface area contributed by atoms with E-state index in [0.29, 0.717) is 4.48 Å². The van der Waals surface area contributed by atoms with E-state index in [1.807, 2.05) is 20.8 Å². The van der Waals surface area contributed by atoms with Crippen LogP contribution in [-0.4, -0.2) is 30.1 Å². The second-order valence-corrected chi connectivity index (χ2v) is 2.43. The van der Waals surface area contributed by atoms with Crippen LogP contribution in [0.2, 0.25) is 0 Å². The molecule has 0 unspecified atom stereocenters. The minimum absolute atomic E-state index is 0.215. The summed E-state index contributed by atoms with van der Waals surface area (Å²) < 4.78 is 0.403. The lowest BCUT2D eigenvalue weighted by Gasteiger charge is -2.29. The number of carbonyl (C=O) groups is 1. The molecule has 0 aliphatic heterocycles. The number of amides is 2. The minimum atomic E-state index is -0.215. The Morgan fingerprint density at radius 3 is 1.50 bits per heavy atom. The van der Waals surface area contributed by atoms with Crippen LogP contribution in [0, 0.1) is 0 Å². The molecule has 0 fully saturated rings.